The highest BCUT2D eigenvalue weighted by Gasteiger charge is 2.12. The van der Waals surface area contributed by atoms with E-state index in [1.54, 1.807) is 7.05 Å². The first-order valence-electron chi connectivity index (χ1n) is 5.66. The van der Waals surface area contributed by atoms with Crippen LogP contribution in [0, 0.1) is 0 Å². The van der Waals surface area contributed by atoms with Crippen LogP contribution in [0.25, 0.3) is 0 Å². The Morgan fingerprint density at radius 1 is 1.32 bits per heavy atom. The van der Waals surface area contributed by atoms with Gasteiger partial charge in [-0.2, -0.15) is 0 Å². The molecule has 0 spiro atoms. The molecule has 19 heavy (non-hydrogen) atoms. The lowest BCUT2D eigenvalue weighted by Gasteiger charge is -2.15. The van der Waals surface area contributed by atoms with E-state index in [1.807, 2.05) is 24.3 Å². The van der Waals surface area contributed by atoms with E-state index in [0.717, 1.165) is 11.3 Å². The van der Waals surface area contributed by atoms with Gasteiger partial charge in [0.2, 0.25) is 5.91 Å². The van der Waals surface area contributed by atoms with Gasteiger partial charge in [-0.05, 0) is 17.7 Å². The van der Waals surface area contributed by atoms with Crippen molar-refractivity contribution < 1.29 is 14.3 Å². The Morgan fingerprint density at radius 2 is 1.95 bits per heavy atom. The summed E-state index contributed by atoms with van der Waals surface area (Å²) in [6.45, 7) is -0.0170. The van der Waals surface area contributed by atoms with Gasteiger partial charge in [0.25, 0.3) is 0 Å². The van der Waals surface area contributed by atoms with Crippen molar-refractivity contribution in [3.05, 3.63) is 34.9 Å². The summed E-state index contributed by atoms with van der Waals surface area (Å²) in [5, 5.41) is 0.697. The molecule has 0 aliphatic heterocycles. The summed E-state index contributed by atoms with van der Waals surface area (Å²) >= 11 is 7.29. The molecule has 0 aliphatic rings. The lowest BCUT2D eigenvalue weighted by atomic mass is 10.2. The van der Waals surface area contributed by atoms with E-state index in [4.69, 9.17) is 11.6 Å². The lowest BCUT2D eigenvalue weighted by Crippen LogP contribution is -2.33. The first-order valence-corrected chi connectivity index (χ1v) is 7.19. The highest BCUT2D eigenvalue weighted by molar-refractivity contribution is 7.99. The Balaban J connectivity index is 2.30. The van der Waals surface area contributed by atoms with E-state index in [0.29, 0.717) is 10.8 Å². The van der Waals surface area contributed by atoms with Gasteiger partial charge in [-0.3, -0.25) is 9.59 Å². The Hall–Kier alpha value is -1.20. The second-order valence-electron chi connectivity index (χ2n) is 3.95. The number of esters is 1. The number of nitrogens with zero attached hydrogens (tertiary/aromatic N) is 1. The van der Waals surface area contributed by atoms with Crippen molar-refractivity contribution >= 4 is 35.2 Å². The number of methoxy groups -OCH3 is 1. The predicted molar refractivity (Wildman–Crippen MR) is 77.3 cm³/mol. The summed E-state index contributed by atoms with van der Waals surface area (Å²) in [7, 11) is 2.89. The molecule has 1 aromatic rings. The van der Waals surface area contributed by atoms with Crippen molar-refractivity contribution in [3.8, 4) is 0 Å². The molecule has 0 fully saturated rings. The largest absolute Gasteiger partial charge is 0.468 e. The summed E-state index contributed by atoms with van der Waals surface area (Å²) in [6.07, 6.45) is 0. The third-order valence-electron chi connectivity index (χ3n) is 2.43. The number of rotatable bonds is 6. The number of likely N-dealkylation sites (N-methyl/N-ethyl adjacent to an activating group) is 1. The lowest BCUT2D eigenvalue weighted by molar-refractivity contribution is -0.145. The second kappa shape index (κ2) is 8.07. The maximum absolute atomic E-state index is 11.7. The molecule has 0 bridgehead atoms. The molecule has 0 saturated heterocycles. The fourth-order valence-corrected chi connectivity index (χ4v) is 2.34. The topological polar surface area (TPSA) is 46.6 Å². The third kappa shape index (κ3) is 5.98. The minimum atomic E-state index is -0.418. The van der Waals surface area contributed by atoms with Crippen molar-refractivity contribution in [1.82, 2.24) is 4.90 Å². The Labute approximate surface area is 122 Å². The highest BCUT2D eigenvalue weighted by Crippen LogP contribution is 2.15. The standard InChI is InChI=1S/C13H16ClNO3S/c1-15(7-13(17)18-2)12(16)9-19-8-10-3-5-11(14)6-4-10/h3-6H,7-9H2,1-2H3. The molecule has 0 radical (unpaired) electrons. The molecule has 0 atom stereocenters. The van der Waals surface area contributed by atoms with Gasteiger partial charge in [-0.1, -0.05) is 23.7 Å². The molecule has 6 heteroatoms. The van der Waals surface area contributed by atoms with E-state index in [1.165, 1.54) is 23.8 Å². The van der Waals surface area contributed by atoms with E-state index in [9.17, 15) is 9.59 Å². The monoisotopic (exact) mass is 301 g/mol. The zero-order valence-electron chi connectivity index (χ0n) is 10.9. The fourth-order valence-electron chi connectivity index (χ4n) is 1.29. The average molecular weight is 302 g/mol. The van der Waals surface area contributed by atoms with Crippen LogP contribution >= 0.6 is 23.4 Å². The number of thioether (sulfide) groups is 1. The number of ether oxygens (including phenoxy) is 1. The fraction of sp³-hybridized carbons (Fsp3) is 0.385. The first kappa shape index (κ1) is 15.9. The molecular weight excluding hydrogens is 286 g/mol. The first-order chi connectivity index (χ1) is 9.02. The predicted octanol–water partition coefficient (Wildman–Crippen LogP) is 2.20. The molecular formula is C13H16ClNO3S. The van der Waals surface area contributed by atoms with E-state index in [-0.39, 0.29) is 12.5 Å². The van der Waals surface area contributed by atoms with Gasteiger partial charge in [0, 0.05) is 17.8 Å². The SMILES string of the molecule is COC(=O)CN(C)C(=O)CSCc1ccc(Cl)cc1. The van der Waals surface area contributed by atoms with Crippen LogP contribution in [-0.4, -0.2) is 43.2 Å². The van der Waals surface area contributed by atoms with Crippen LogP contribution in [0.15, 0.2) is 24.3 Å². The van der Waals surface area contributed by atoms with Crippen LogP contribution in [-0.2, 0) is 20.1 Å². The van der Waals surface area contributed by atoms with Crippen molar-refractivity contribution in [1.29, 1.82) is 0 Å². The minimum Gasteiger partial charge on any atom is -0.468 e. The van der Waals surface area contributed by atoms with Crippen molar-refractivity contribution in [2.24, 2.45) is 0 Å². The van der Waals surface area contributed by atoms with Gasteiger partial charge in [-0.15, -0.1) is 11.8 Å². The van der Waals surface area contributed by atoms with Gasteiger partial charge < -0.3 is 9.64 Å². The van der Waals surface area contributed by atoms with Crippen molar-refractivity contribution in [2.45, 2.75) is 5.75 Å². The summed E-state index contributed by atoms with van der Waals surface area (Å²) in [5.41, 5.74) is 1.11. The zero-order valence-corrected chi connectivity index (χ0v) is 12.5. The number of carbonyl (C=O) groups is 2. The second-order valence-corrected chi connectivity index (χ2v) is 5.37. The van der Waals surface area contributed by atoms with E-state index in [2.05, 4.69) is 4.74 Å². The summed E-state index contributed by atoms with van der Waals surface area (Å²) in [5.74, 6) is 0.549. The Morgan fingerprint density at radius 3 is 2.53 bits per heavy atom. The summed E-state index contributed by atoms with van der Waals surface area (Å²) in [6, 6.07) is 7.50. The Kier molecular flexibility index (Phi) is 6.73. The molecule has 0 aromatic heterocycles. The number of halogens is 1. The quantitative estimate of drug-likeness (QED) is 0.756. The number of carbonyl (C=O) groups excluding carboxylic acids is 2. The van der Waals surface area contributed by atoms with Gasteiger partial charge >= 0.3 is 5.97 Å². The van der Waals surface area contributed by atoms with Gasteiger partial charge in [-0.25, -0.2) is 0 Å². The van der Waals surface area contributed by atoms with Crippen LogP contribution in [0.5, 0.6) is 0 Å². The molecule has 0 N–H and O–H groups in total. The van der Waals surface area contributed by atoms with Crippen LogP contribution in [0.1, 0.15) is 5.56 Å². The molecule has 1 amide bonds. The maximum Gasteiger partial charge on any atom is 0.325 e. The van der Waals surface area contributed by atoms with Gasteiger partial charge in [0.05, 0.1) is 12.9 Å². The van der Waals surface area contributed by atoms with Gasteiger partial charge in [0.1, 0.15) is 6.54 Å². The zero-order chi connectivity index (χ0) is 14.3. The number of hydrogen-bond donors (Lipinski definition) is 0. The van der Waals surface area contributed by atoms with E-state index >= 15 is 0 Å². The smallest absolute Gasteiger partial charge is 0.325 e. The van der Waals surface area contributed by atoms with Crippen molar-refractivity contribution in [3.63, 3.8) is 0 Å². The molecule has 1 rings (SSSR count). The van der Waals surface area contributed by atoms with Crippen LogP contribution < -0.4 is 0 Å². The minimum absolute atomic E-state index is 0.0170. The number of amides is 1. The van der Waals surface area contributed by atoms with Crippen LogP contribution in [0.3, 0.4) is 0 Å². The van der Waals surface area contributed by atoms with Gasteiger partial charge in [0.15, 0.2) is 0 Å². The van der Waals surface area contributed by atoms with Crippen molar-refractivity contribution in [2.75, 3.05) is 26.5 Å². The van der Waals surface area contributed by atoms with Crippen LogP contribution in [0.2, 0.25) is 5.02 Å². The molecule has 0 aliphatic carbocycles. The number of benzene rings is 1. The molecule has 104 valence electrons. The molecule has 1 aromatic carbocycles. The third-order valence-corrected chi connectivity index (χ3v) is 3.67. The average Bonchev–Trinajstić information content (AvgIpc) is 2.40. The van der Waals surface area contributed by atoms with E-state index < -0.39 is 5.97 Å². The highest BCUT2D eigenvalue weighted by atomic mass is 35.5. The maximum atomic E-state index is 11.7. The molecule has 0 saturated carbocycles. The molecule has 4 nitrogen and oxygen atoms in total. The summed E-state index contributed by atoms with van der Waals surface area (Å²) < 4.78 is 4.50. The number of hydrogen-bond acceptors (Lipinski definition) is 4. The molecule has 0 unspecified atom stereocenters. The molecule has 0 heterocycles. The normalized spacial score (nSPS) is 10.1. The van der Waals surface area contributed by atoms with Crippen LogP contribution in [0.4, 0.5) is 0 Å². The summed E-state index contributed by atoms with van der Waals surface area (Å²) in [4.78, 5) is 24.1. The Bertz CT molecular complexity index is 436.